The average molecular weight is 311 g/mol. The quantitative estimate of drug-likeness (QED) is 0.862. The van der Waals surface area contributed by atoms with E-state index in [1.54, 1.807) is 0 Å². The highest BCUT2D eigenvalue weighted by Gasteiger charge is 2.24. The Morgan fingerprint density at radius 2 is 2.14 bits per heavy atom. The van der Waals surface area contributed by atoms with Gasteiger partial charge in [0.2, 0.25) is 0 Å². The fourth-order valence-electron chi connectivity index (χ4n) is 3.02. The van der Waals surface area contributed by atoms with Crippen molar-refractivity contribution in [2.45, 2.75) is 51.0 Å². The van der Waals surface area contributed by atoms with E-state index in [0.717, 1.165) is 36.8 Å². The zero-order chi connectivity index (χ0) is 15.4. The zero-order valence-electron chi connectivity index (χ0n) is 12.6. The summed E-state index contributed by atoms with van der Waals surface area (Å²) in [6.45, 7) is 1.81. The monoisotopic (exact) mass is 310 g/mol. The van der Waals surface area contributed by atoms with E-state index < -0.39 is 0 Å². The van der Waals surface area contributed by atoms with Crippen molar-refractivity contribution in [2.75, 3.05) is 7.11 Å². The summed E-state index contributed by atoms with van der Waals surface area (Å²) in [4.78, 5) is 11.6. The van der Waals surface area contributed by atoms with Gasteiger partial charge in [0.05, 0.1) is 19.1 Å². The largest absolute Gasteiger partial charge is 0.469 e. The van der Waals surface area contributed by atoms with E-state index in [0.29, 0.717) is 10.9 Å². The van der Waals surface area contributed by atoms with E-state index in [2.05, 4.69) is 0 Å². The van der Waals surface area contributed by atoms with Crippen molar-refractivity contribution < 1.29 is 14.6 Å². The van der Waals surface area contributed by atoms with E-state index in [4.69, 9.17) is 16.3 Å². The molecule has 1 aromatic rings. The third-order valence-electron chi connectivity index (χ3n) is 4.48. The SMILES string of the molecule is COC(=O)C(C)c1ccc(C[C@H]2CCCC[C@@H]2O)c(Cl)c1. The van der Waals surface area contributed by atoms with Gasteiger partial charge < -0.3 is 9.84 Å². The summed E-state index contributed by atoms with van der Waals surface area (Å²) in [6.07, 6.45) is 4.81. The molecule has 1 aliphatic carbocycles. The van der Waals surface area contributed by atoms with E-state index in [-0.39, 0.29) is 18.0 Å². The number of halogens is 1. The van der Waals surface area contributed by atoms with E-state index in [1.165, 1.54) is 13.5 Å². The van der Waals surface area contributed by atoms with Crippen molar-refractivity contribution >= 4 is 17.6 Å². The first kappa shape index (κ1) is 16.3. The number of esters is 1. The number of methoxy groups -OCH3 is 1. The van der Waals surface area contributed by atoms with Crippen LogP contribution in [0.1, 0.15) is 49.7 Å². The lowest BCUT2D eigenvalue weighted by Gasteiger charge is -2.28. The first-order valence-electron chi connectivity index (χ1n) is 7.57. The molecular formula is C17H23ClO3. The van der Waals surface area contributed by atoms with Gasteiger partial charge in [-0.3, -0.25) is 4.79 Å². The van der Waals surface area contributed by atoms with Gasteiger partial charge in [0.15, 0.2) is 0 Å². The highest BCUT2D eigenvalue weighted by molar-refractivity contribution is 6.31. The molecule has 2 rings (SSSR count). The summed E-state index contributed by atoms with van der Waals surface area (Å²) >= 11 is 6.35. The predicted octanol–water partition coefficient (Wildman–Crippen LogP) is 3.71. The molecule has 4 heteroatoms. The Morgan fingerprint density at radius 3 is 2.76 bits per heavy atom. The minimum Gasteiger partial charge on any atom is -0.469 e. The molecule has 1 N–H and O–H groups in total. The molecule has 0 aromatic heterocycles. The predicted molar refractivity (Wildman–Crippen MR) is 83.6 cm³/mol. The molecule has 1 saturated carbocycles. The lowest BCUT2D eigenvalue weighted by atomic mass is 9.82. The topological polar surface area (TPSA) is 46.5 Å². The van der Waals surface area contributed by atoms with Gasteiger partial charge in [-0.25, -0.2) is 0 Å². The summed E-state index contributed by atoms with van der Waals surface area (Å²) in [7, 11) is 1.39. The Bertz CT molecular complexity index is 501. The molecule has 0 bridgehead atoms. The second kappa shape index (κ2) is 7.28. The summed E-state index contributed by atoms with van der Waals surface area (Å²) in [5.41, 5.74) is 1.91. The number of benzene rings is 1. The maximum atomic E-state index is 11.6. The van der Waals surface area contributed by atoms with Gasteiger partial charge in [-0.15, -0.1) is 0 Å². The summed E-state index contributed by atoms with van der Waals surface area (Å²) in [5, 5.41) is 10.7. The highest BCUT2D eigenvalue weighted by Crippen LogP contribution is 2.31. The maximum absolute atomic E-state index is 11.6. The van der Waals surface area contributed by atoms with Gasteiger partial charge in [-0.05, 0) is 49.3 Å². The third-order valence-corrected chi connectivity index (χ3v) is 4.83. The van der Waals surface area contributed by atoms with Crippen LogP contribution in [0.15, 0.2) is 18.2 Å². The molecule has 0 heterocycles. The zero-order valence-corrected chi connectivity index (χ0v) is 13.4. The van der Waals surface area contributed by atoms with Crippen molar-refractivity contribution in [1.29, 1.82) is 0 Å². The van der Waals surface area contributed by atoms with Crippen molar-refractivity contribution in [2.24, 2.45) is 5.92 Å². The van der Waals surface area contributed by atoms with Crippen molar-refractivity contribution in [3.8, 4) is 0 Å². The van der Waals surface area contributed by atoms with Crippen LogP contribution in [-0.4, -0.2) is 24.3 Å². The van der Waals surface area contributed by atoms with Gasteiger partial charge in [-0.2, -0.15) is 0 Å². The van der Waals surface area contributed by atoms with Crippen LogP contribution in [0.3, 0.4) is 0 Å². The maximum Gasteiger partial charge on any atom is 0.312 e. The number of carbonyl (C=O) groups excluding carboxylic acids is 1. The summed E-state index contributed by atoms with van der Waals surface area (Å²) in [5.74, 6) is -0.288. The second-order valence-electron chi connectivity index (χ2n) is 5.91. The molecule has 1 aromatic carbocycles. The van der Waals surface area contributed by atoms with Gasteiger partial charge in [-0.1, -0.05) is 36.6 Å². The molecule has 0 amide bonds. The first-order chi connectivity index (χ1) is 10.0. The Labute approximate surface area is 131 Å². The van der Waals surface area contributed by atoms with Crippen LogP contribution in [0.5, 0.6) is 0 Å². The average Bonchev–Trinajstić information content (AvgIpc) is 2.49. The van der Waals surface area contributed by atoms with Crippen LogP contribution < -0.4 is 0 Å². The molecule has 0 aliphatic heterocycles. The van der Waals surface area contributed by atoms with Crippen molar-refractivity contribution in [1.82, 2.24) is 0 Å². The number of hydrogen-bond donors (Lipinski definition) is 1. The Hall–Kier alpha value is -1.06. The number of hydrogen-bond acceptors (Lipinski definition) is 3. The van der Waals surface area contributed by atoms with Crippen molar-refractivity contribution in [3.63, 3.8) is 0 Å². The standard InChI is InChI=1S/C17H23ClO3/c1-11(17(20)21-2)12-7-8-13(15(18)10-12)9-14-5-3-4-6-16(14)19/h7-8,10-11,14,16,19H,3-6,9H2,1-2H3/t11?,14-,16+/m1/s1. The molecule has 1 unspecified atom stereocenters. The Morgan fingerprint density at radius 1 is 1.43 bits per heavy atom. The van der Waals surface area contributed by atoms with Crippen LogP contribution in [-0.2, 0) is 16.0 Å². The first-order valence-corrected chi connectivity index (χ1v) is 7.95. The number of carbonyl (C=O) groups is 1. The molecule has 1 fully saturated rings. The second-order valence-corrected chi connectivity index (χ2v) is 6.32. The van der Waals surface area contributed by atoms with Crippen LogP contribution in [0.2, 0.25) is 5.02 Å². The molecule has 3 atom stereocenters. The third kappa shape index (κ3) is 3.98. The number of ether oxygens (including phenoxy) is 1. The minimum atomic E-state index is -0.318. The Kier molecular flexibility index (Phi) is 5.65. The fourth-order valence-corrected chi connectivity index (χ4v) is 3.29. The Balaban J connectivity index is 2.10. The van der Waals surface area contributed by atoms with Crippen LogP contribution in [0.4, 0.5) is 0 Å². The molecule has 0 spiro atoms. The molecule has 116 valence electrons. The van der Waals surface area contributed by atoms with Crippen LogP contribution in [0.25, 0.3) is 0 Å². The lowest BCUT2D eigenvalue weighted by Crippen LogP contribution is -2.26. The highest BCUT2D eigenvalue weighted by atomic mass is 35.5. The van der Waals surface area contributed by atoms with E-state index in [1.807, 2.05) is 25.1 Å². The normalized spacial score (nSPS) is 23.6. The van der Waals surface area contributed by atoms with Crippen LogP contribution >= 0.6 is 11.6 Å². The fraction of sp³-hybridized carbons (Fsp3) is 0.588. The summed E-state index contributed by atoms with van der Waals surface area (Å²) < 4.78 is 4.76. The van der Waals surface area contributed by atoms with Crippen LogP contribution in [0, 0.1) is 5.92 Å². The van der Waals surface area contributed by atoms with Crippen molar-refractivity contribution in [3.05, 3.63) is 34.3 Å². The van der Waals surface area contributed by atoms with E-state index >= 15 is 0 Å². The number of rotatable bonds is 4. The van der Waals surface area contributed by atoms with Gasteiger partial charge in [0.25, 0.3) is 0 Å². The summed E-state index contributed by atoms with van der Waals surface area (Å²) in [6, 6.07) is 5.74. The van der Waals surface area contributed by atoms with E-state index in [9.17, 15) is 9.90 Å². The van der Waals surface area contributed by atoms with Gasteiger partial charge in [0.1, 0.15) is 0 Å². The molecule has 1 aliphatic rings. The molecule has 21 heavy (non-hydrogen) atoms. The lowest BCUT2D eigenvalue weighted by molar-refractivity contribution is -0.141. The minimum absolute atomic E-state index is 0.219. The van der Waals surface area contributed by atoms with Gasteiger partial charge >= 0.3 is 5.97 Å². The molecule has 0 saturated heterocycles. The molecule has 0 radical (unpaired) electrons. The molecular weight excluding hydrogens is 288 g/mol. The number of aliphatic hydroxyl groups is 1. The number of aliphatic hydroxyl groups excluding tert-OH is 1. The molecule has 3 nitrogen and oxygen atoms in total. The van der Waals surface area contributed by atoms with Gasteiger partial charge in [0, 0.05) is 5.02 Å². The smallest absolute Gasteiger partial charge is 0.312 e.